The van der Waals surface area contributed by atoms with Crippen LogP contribution in [0, 0.1) is 11.2 Å². The monoisotopic (exact) mass is 485 g/mol. The zero-order valence-corrected chi connectivity index (χ0v) is 20.5. The summed E-state index contributed by atoms with van der Waals surface area (Å²) in [5, 5.41) is 9.50. The molecular formula is C25H28FN3O4S. The van der Waals surface area contributed by atoms with E-state index >= 15 is 0 Å². The number of halogens is 1. The van der Waals surface area contributed by atoms with Crippen LogP contribution in [0.15, 0.2) is 59.6 Å². The van der Waals surface area contributed by atoms with E-state index in [1.807, 2.05) is 0 Å². The molecule has 0 aliphatic heterocycles. The molecule has 3 aromatic rings. The molecule has 4 rings (SSSR count). The number of hydrogen-bond donors (Lipinski definition) is 2. The zero-order valence-electron chi connectivity index (χ0n) is 19.7. The maximum Gasteiger partial charge on any atom is 0.421 e. The highest BCUT2D eigenvalue weighted by Gasteiger charge is 2.59. The SMILES string of the molecule is CC1(C)[C@@H](c2ccc(S(=O)(=O)N(C(=O)O)C(C)(C)C)cc2)[C@@H]1c1cnc(-c2cccc(F)c2)[nH]1. The van der Waals surface area contributed by atoms with Crippen molar-refractivity contribution < 1.29 is 22.7 Å². The van der Waals surface area contributed by atoms with E-state index in [1.54, 1.807) is 30.5 Å². The topological polar surface area (TPSA) is 103 Å². The van der Waals surface area contributed by atoms with Gasteiger partial charge in [-0.05, 0) is 61.9 Å². The largest absolute Gasteiger partial charge is 0.464 e. The average molecular weight is 486 g/mol. The molecule has 7 nitrogen and oxygen atoms in total. The Morgan fingerprint density at radius 3 is 2.32 bits per heavy atom. The maximum absolute atomic E-state index is 13.6. The molecule has 0 unspecified atom stereocenters. The molecule has 34 heavy (non-hydrogen) atoms. The Hall–Kier alpha value is -3.20. The van der Waals surface area contributed by atoms with Gasteiger partial charge in [-0.25, -0.2) is 22.6 Å². The fourth-order valence-electron chi connectivity index (χ4n) is 4.82. The Morgan fingerprint density at radius 1 is 1.12 bits per heavy atom. The van der Waals surface area contributed by atoms with E-state index in [4.69, 9.17) is 0 Å². The predicted molar refractivity (Wildman–Crippen MR) is 126 cm³/mol. The first kappa shape index (κ1) is 23.9. The predicted octanol–water partition coefficient (Wildman–Crippen LogP) is 5.59. The van der Waals surface area contributed by atoms with Crippen molar-refractivity contribution >= 4 is 16.1 Å². The van der Waals surface area contributed by atoms with Gasteiger partial charge in [-0.1, -0.05) is 38.1 Å². The third-order valence-electron chi connectivity index (χ3n) is 6.42. The van der Waals surface area contributed by atoms with Crippen LogP contribution >= 0.6 is 0 Å². The maximum atomic E-state index is 13.6. The van der Waals surface area contributed by atoms with E-state index in [0.29, 0.717) is 15.7 Å². The molecule has 1 aromatic heterocycles. The molecular weight excluding hydrogens is 457 g/mol. The van der Waals surface area contributed by atoms with E-state index in [1.165, 1.54) is 45.0 Å². The van der Waals surface area contributed by atoms with Crippen LogP contribution in [0.25, 0.3) is 11.4 Å². The molecule has 180 valence electrons. The van der Waals surface area contributed by atoms with Crippen LogP contribution in [0.3, 0.4) is 0 Å². The Balaban J connectivity index is 1.60. The van der Waals surface area contributed by atoms with Crippen LogP contribution in [0.4, 0.5) is 9.18 Å². The summed E-state index contributed by atoms with van der Waals surface area (Å²) in [7, 11) is -4.22. The summed E-state index contributed by atoms with van der Waals surface area (Å²) >= 11 is 0. The summed E-state index contributed by atoms with van der Waals surface area (Å²) in [6.07, 6.45) is 0.243. The van der Waals surface area contributed by atoms with Crippen molar-refractivity contribution in [1.29, 1.82) is 0 Å². The van der Waals surface area contributed by atoms with Gasteiger partial charge in [-0.3, -0.25) is 0 Å². The van der Waals surface area contributed by atoms with Gasteiger partial charge in [0.05, 0.1) is 10.4 Å². The van der Waals surface area contributed by atoms with Crippen molar-refractivity contribution in [3.05, 3.63) is 71.8 Å². The van der Waals surface area contributed by atoms with Crippen molar-refractivity contribution in [1.82, 2.24) is 14.3 Å². The summed E-state index contributed by atoms with van der Waals surface area (Å²) < 4.78 is 40.1. The number of nitrogens with one attached hydrogen (secondary N) is 1. The van der Waals surface area contributed by atoms with E-state index in [-0.39, 0.29) is 28.0 Å². The molecule has 1 heterocycles. The number of carboxylic acid groups (broad SMARTS) is 1. The van der Waals surface area contributed by atoms with Gasteiger partial charge >= 0.3 is 6.09 Å². The van der Waals surface area contributed by atoms with Crippen LogP contribution in [0.1, 0.15) is 57.7 Å². The normalized spacial score (nSPS) is 19.6. The van der Waals surface area contributed by atoms with Crippen LogP contribution in [0.2, 0.25) is 0 Å². The number of nitrogens with zero attached hydrogens (tertiary/aromatic N) is 2. The van der Waals surface area contributed by atoms with E-state index in [9.17, 15) is 22.7 Å². The molecule has 2 atom stereocenters. The molecule has 1 amide bonds. The van der Waals surface area contributed by atoms with Crippen molar-refractivity contribution in [2.75, 3.05) is 0 Å². The molecule has 1 aliphatic carbocycles. The van der Waals surface area contributed by atoms with Crippen LogP contribution in [0.5, 0.6) is 0 Å². The first-order valence-corrected chi connectivity index (χ1v) is 12.4. The van der Waals surface area contributed by atoms with Gasteiger partial charge in [-0.15, -0.1) is 0 Å². The number of rotatable bonds is 5. The first-order valence-electron chi connectivity index (χ1n) is 10.9. The summed E-state index contributed by atoms with van der Waals surface area (Å²) in [5.74, 6) is 0.495. The second kappa shape index (κ2) is 7.94. The van der Waals surface area contributed by atoms with Gasteiger partial charge in [0.2, 0.25) is 0 Å². The van der Waals surface area contributed by atoms with Gasteiger partial charge in [0.1, 0.15) is 11.6 Å². The lowest BCUT2D eigenvalue weighted by atomic mass is 10.0. The van der Waals surface area contributed by atoms with Crippen LogP contribution in [-0.2, 0) is 10.0 Å². The Bertz CT molecular complexity index is 1340. The lowest BCUT2D eigenvalue weighted by Crippen LogP contribution is -2.48. The number of imidazole rings is 1. The zero-order chi connectivity index (χ0) is 25.1. The molecule has 0 radical (unpaired) electrons. The second-order valence-corrected chi connectivity index (χ2v) is 12.1. The average Bonchev–Trinajstić information content (AvgIpc) is 3.06. The van der Waals surface area contributed by atoms with Gasteiger partial charge < -0.3 is 10.1 Å². The minimum atomic E-state index is -4.22. The number of sulfonamides is 1. The standard InChI is InChI=1S/C25H28FN3O4S/c1-24(2,3)29(23(30)31)34(32,33)18-11-9-15(10-12-18)20-21(25(20,4)5)19-14-27-22(28-19)16-7-6-8-17(26)13-16/h6-14,20-21H,1-5H3,(H,27,28)(H,30,31)/t20-,21-/m0/s1. The highest BCUT2D eigenvalue weighted by molar-refractivity contribution is 7.89. The molecule has 0 bridgehead atoms. The quantitative estimate of drug-likeness (QED) is 0.490. The van der Waals surface area contributed by atoms with E-state index in [2.05, 4.69) is 23.8 Å². The molecule has 0 spiro atoms. The minimum Gasteiger partial charge on any atom is -0.464 e. The lowest BCUT2D eigenvalue weighted by molar-refractivity contribution is 0.146. The van der Waals surface area contributed by atoms with Crippen molar-refractivity contribution in [2.45, 2.75) is 56.9 Å². The van der Waals surface area contributed by atoms with Crippen molar-refractivity contribution in [3.8, 4) is 11.4 Å². The van der Waals surface area contributed by atoms with Crippen molar-refractivity contribution in [3.63, 3.8) is 0 Å². The van der Waals surface area contributed by atoms with Gasteiger partial charge in [0, 0.05) is 23.4 Å². The minimum absolute atomic E-state index is 0.0708. The molecule has 2 N–H and O–H groups in total. The third-order valence-corrected chi connectivity index (χ3v) is 8.47. The van der Waals surface area contributed by atoms with Crippen LogP contribution in [-0.4, -0.2) is 39.4 Å². The number of aromatic nitrogens is 2. The number of benzene rings is 2. The van der Waals surface area contributed by atoms with Gasteiger partial charge in [0.25, 0.3) is 10.0 Å². The van der Waals surface area contributed by atoms with Crippen molar-refractivity contribution in [2.24, 2.45) is 5.41 Å². The van der Waals surface area contributed by atoms with Gasteiger partial charge in [-0.2, -0.15) is 4.31 Å². The summed E-state index contributed by atoms with van der Waals surface area (Å²) in [4.78, 5) is 19.3. The summed E-state index contributed by atoms with van der Waals surface area (Å²) in [6.45, 7) is 8.86. The third kappa shape index (κ3) is 4.09. The lowest BCUT2D eigenvalue weighted by Gasteiger charge is -2.31. The number of H-pyrrole nitrogens is 1. The molecule has 2 aromatic carbocycles. The Morgan fingerprint density at radius 2 is 1.76 bits per heavy atom. The van der Waals surface area contributed by atoms with Gasteiger partial charge in [0.15, 0.2) is 0 Å². The van der Waals surface area contributed by atoms with E-state index in [0.717, 1.165) is 11.3 Å². The highest BCUT2D eigenvalue weighted by atomic mass is 32.2. The van der Waals surface area contributed by atoms with E-state index < -0.39 is 21.7 Å². The second-order valence-electron chi connectivity index (χ2n) is 10.3. The smallest absolute Gasteiger partial charge is 0.421 e. The highest BCUT2D eigenvalue weighted by Crippen LogP contribution is 2.69. The molecule has 1 saturated carbocycles. The number of aromatic amines is 1. The molecule has 1 aliphatic rings. The number of amides is 1. The number of hydrogen-bond acceptors (Lipinski definition) is 4. The summed E-state index contributed by atoms with van der Waals surface area (Å²) in [6, 6.07) is 12.6. The fraction of sp³-hybridized carbons (Fsp3) is 0.360. The van der Waals surface area contributed by atoms with Crippen LogP contribution < -0.4 is 0 Å². The Labute approximate surface area is 198 Å². The number of carbonyl (C=O) groups is 1. The Kier molecular flexibility index (Phi) is 5.59. The fourth-order valence-corrected chi connectivity index (χ4v) is 6.44. The first-order chi connectivity index (χ1) is 15.7. The molecule has 9 heteroatoms. The molecule has 0 saturated heterocycles. The summed E-state index contributed by atoms with van der Waals surface area (Å²) in [5.41, 5.74) is 1.32. The molecule has 1 fully saturated rings.